The molecule has 2 rings (SSSR count). The second-order valence-electron chi connectivity index (χ2n) is 4.96. The molecule has 1 unspecified atom stereocenters. The van der Waals surface area contributed by atoms with Crippen LogP contribution < -0.4 is 0 Å². The van der Waals surface area contributed by atoms with Crippen LogP contribution in [0.5, 0.6) is 0 Å². The molecule has 20 heavy (non-hydrogen) atoms. The molecule has 1 nitrogen and oxygen atoms in total. The fourth-order valence-electron chi connectivity index (χ4n) is 1.74. The van der Waals surface area contributed by atoms with Gasteiger partial charge >= 0.3 is 0 Å². The van der Waals surface area contributed by atoms with Crippen LogP contribution in [-0.4, -0.2) is 15.8 Å². The van der Waals surface area contributed by atoms with E-state index in [0.717, 1.165) is 0 Å². The van der Waals surface area contributed by atoms with Crippen molar-refractivity contribution in [1.29, 1.82) is 0 Å². The smallest absolute Gasteiger partial charge is 0.0857 e. The van der Waals surface area contributed by atoms with Crippen molar-refractivity contribution in [2.24, 2.45) is 5.92 Å². The number of aliphatic hydroxyl groups excluding tert-OH is 1. The van der Waals surface area contributed by atoms with Crippen LogP contribution in [0.2, 0.25) is 0 Å². The quantitative estimate of drug-likeness (QED) is 0.604. The summed E-state index contributed by atoms with van der Waals surface area (Å²) in [6, 6.07) is 20.6. The molecule has 1 N–H and O–H groups in total. The van der Waals surface area contributed by atoms with E-state index in [0.29, 0.717) is 0 Å². The van der Waals surface area contributed by atoms with Gasteiger partial charge in [0.2, 0.25) is 0 Å². The minimum Gasteiger partial charge on any atom is -0.391 e. The molecule has 0 saturated heterocycles. The molecule has 0 aliphatic carbocycles. The lowest BCUT2D eigenvalue weighted by molar-refractivity contribution is 0.142. The fraction of sp³-hybridized carbons (Fsp3) is 0.294. The predicted molar refractivity (Wildman–Crippen MR) is 89.2 cm³/mol. The molecule has 0 spiro atoms. The van der Waals surface area contributed by atoms with Crippen molar-refractivity contribution in [1.82, 2.24) is 0 Å². The van der Waals surface area contributed by atoms with Gasteiger partial charge in [-0.05, 0) is 30.2 Å². The number of thioether (sulfide) groups is 2. The standard InChI is InChI=1S/C17H20OS2/c1-13(2)16(18)17(19-14-9-5-3-6-10-14)20-15-11-7-4-8-12-15/h3-13,16-18H,1-2H3. The normalized spacial score (nSPS) is 12.8. The third-order valence-corrected chi connectivity index (χ3v) is 5.64. The molecular formula is C17H20OS2. The third kappa shape index (κ3) is 4.58. The number of hydrogen-bond donors (Lipinski definition) is 1. The van der Waals surface area contributed by atoms with Gasteiger partial charge < -0.3 is 5.11 Å². The summed E-state index contributed by atoms with van der Waals surface area (Å²) in [4.78, 5) is 2.39. The minimum atomic E-state index is -0.342. The Labute approximate surface area is 129 Å². The largest absolute Gasteiger partial charge is 0.391 e. The maximum absolute atomic E-state index is 10.5. The van der Waals surface area contributed by atoms with Crippen molar-refractivity contribution in [3.8, 4) is 0 Å². The Balaban J connectivity index is 2.12. The van der Waals surface area contributed by atoms with Crippen molar-refractivity contribution in [3.63, 3.8) is 0 Å². The van der Waals surface area contributed by atoms with E-state index in [4.69, 9.17) is 0 Å². The van der Waals surface area contributed by atoms with Crippen LogP contribution in [0.15, 0.2) is 70.5 Å². The lowest BCUT2D eigenvalue weighted by Gasteiger charge is -2.25. The first kappa shape index (κ1) is 15.5. The third-order valence-electron chi connectivity index (χ3n) is 2.95. The predicted octanol–water partition coefficient (Wildman–Crippen LogP) is 4.91. The summed E-state index contributed by atoms with van der Waals surface area (Å²) in [6.07, 6.45) is -0.342. The maximum Gasteiger partial charge on any atom is 0.0857 e. The molecule has 106 valence electrons. The summed E-state index contributed by atoms with van der Waals surface area (Å²) in [5.41, 5.74) is 0. The van der Waals surface area contributed by atoms with Crippen molar-refractivity contribution in [3.05, 3.63) is 60.7 Å². The van der Waals surface area contributed by atoms with E-state index in [1.165, 1.54) is 9.79 Å². The summed E-state index contributed by atoms with van der Waals surface area (Å²) in [5.74, 6) is 0.243. The average molecular weight is 304 g/mol. The molecule has 0 aliphatic heterocycles. The van der Waals surface area contributed by atoms with E-state index in [9.17, 15) is 5.11 Å². The van der Waals surface area contributed by atoms with Crippen LogP contribution in [0, 0.1) is 5.92 Å². The zero-order valence-electron chi connectivity index (χ0n) is 11.8. The highest BCUT2D eigenvalue weighted by molar-refractivity contribution is 8.17. The summed E-state index contributed by atoms with van der Waals surface area (Å²) in [5, 5.41) is 10.5. The van der Waals surface area contributed by atoms with Gasteiger partial charge in [-0.15, -0.1) is 23.5 Å². The average Bonchev–Trinajstić information content (AvgIpc) is 2.48. The van der Waals surface area contributed by atoms with E-state index >= 15 is 0 Å². The van der Waals surface area contributed by atoms with Gasteiger partial charge in [0.25, 0.3) is 0 Å². The minimum absolute atomic E-state index is 0.0970. The van der Waals surface area contributed by atoms with Crippen molar-refractivity contribution >= 4 is 23.5 Å². The zero-order valence-corrected chi connectivity index (χ0v) is 13.4. The molecule has 0 fully saturated rings. The highest BCUT2D eigenvalue weighted by atomic mass is 32.2. The molecule has 0 amide bonds. The molecule has 0 saturated carbocycles. The Morgan fingerprint density at radius 1 is 0.750 bits per heavy atom. The molecule has 3 heteroatoms. The second kappa shape index (κ2) is 7.77. The Kier molecular flexibility index (Phi) is 6.02. The van der Waals surface area contributed by atoms with Crippen LogP contribution in [0.4, 0.5) is 0 Å². The molecule has 2 aromatic rings. The fourth-order valence-corrected chi connectivity index (χ4v) is 4.68. The lowest BCUT2D eigenvalue weighted by Crippen LogP contribution is -2.25. The van der Waals surface area contributed by atoms with Gasteiger partial charge in [-0.25, -0.2) is 0 Å². The Morgan fingerprint density at radius 3 is 1.50 bits per heavy atom. The van der Waals surface area contributed by atoms with E-state index in [1.54, 1.807) is 23.5 Å². The first-order valence-corrected chi connectivity index (χ1v) is 8.54. The molecule has 2 aromatic carbocycles. The summed E-state index contributed by atoms with van der Waals surface area (Å²) < 4.78 is 0.0970. The van der Waals surface area contributed by atoms with Gasteiger partial charge in [-0.3, -0.25) is 0 Å². The van der Waals surface area contributed by atoms with Crippen LogP contribution in [0.3, 0.4) is 0 Å². The van der Waals surface area contributed by atoms with Gasteiger partial charge in [-0.1, -0.05) is 50.2 Å². The highest BCUT2D eigenvalue weighted by Gasteiger charge is 2.24. The van der Waals surface area contributed by atoms with Crippen LogP contribution in [0.25, 0.3) is 0 Å². The van der Waals surface area contributed by atoms with E-state index in [1.807, 2.05) is 36.4 Å². The second-order valence-corrected chi connectivity index (χ2v) is 7.69. The van der Waals surface area contributed by atoms with Crippen molar-refractivity contribution in [2.75, 3.05) is 0 Å². The first-order valence-electron chi connectivity index (χ1n) is 6.78. The molecular weight excluding hydrogens is 284 g/mol. The van der Waals surface area contributed by atoms with Gasteiger partial charge in [0.05, 0.1) is 10.7 Å². The lowest BCUT2D eigenvalue weighted by atomic mass is 10.1. The highest BCUT2D eigenvalue weighted by Crippen LogP contribution is 2.39. The van der Waals surface area contributed by atoms with Gasteiger partial charge in [-0.2, -0.15) is 0 Å². The monoisotopic (exact) mass is 304 g/mol. The first-order chi connectivity index (χ1) is 9.66. The number of benzene rings is 2. The van der Waals surface area contributed by atoms with Crippen LogP contribution in [-0.2, 0) is 0 Å². The molecule has 0 bridgehead atoms. The SMILES string of the molecule is CC(C)C(O)C(Sc1ccccc1)Sc1ccccc1. The molecule has 1 atom stereocenters. The van der Waals surface area contributed by atoms with E-state index in [-0.39, 0.29) is 16.6 Å². The summed E-state index contributed by atoms with van der Waals surface area (Å²) in [6.45, 7) is 4.13. The zero-order chi connectivity index (χ0) is 14.4. The topological polar surface area (TPSA) is 20.2 Å². The number of hydrogen-bond acceptors (Lipinski definition) is 3. The van der Waals surface area contributed by atoms with Crippen LogP contribution in [0.1, 0.15) is 13.8 Å². The van der Waals surface area contributed by atoms with Gasteiger partial charge in [0.1, 0.15) is 0 Å². The van der Waals surface area contributed by atoms with Crippen molar-refractivity contribution in [2.45, 2.75) is 34.3 Å². The molecule has 0 aromatic heterocycles. The van der Waals surface area contributed by atoms with Gasteiger partial charge in [0.15, 0.2) is 0 Å². The summed E-state index contributed by atoms with van der Waals surface area (Å²) in [7, 11) is 0. The number of aliphatic hydroxyl groups is 1. The number of rotatable bonds is 6. The van der Waals surface area contributed by atoms with Gasteiger partial charge in [0, 0.05) is 9.79 Å². The Bertz CT molecular complexity index is 457. The van der Waals surface area contributed by atoms with Crippen molar-refractivity contribution < 1.29 is 5.11 Å². The molecule has 0 heterocycles. The summed E-state index contributed by atoms with van der Waals surface area (Å²) >= 11 is 3.47. The Hall–Kier alpha value is -0.900. The van der Waals surface area contributed by atoms with E-state index < -0.39 is 0 Å². The van der Waals surface area contributed by atoms with E-state index in [2.05, 4.69) is 38.1 Å². The molecule has 0 aliphatic rings. The Morgan fingerprint density at radius 2 is 1.15 bits per heavy atom. The molecule has 0 radical (unpaired) electrons. The van der Waals surface area contributed by atoms with Crippen LogP contribution >= 0.6 is 23.5 Å². The maximum atomic E-state index is 10.5.